The third-order valence-corrected chi connectivity index (χ3v) is 4.57. The van der Waals surface area contributed by atoms with Crippen molar-refractivity contribution in [2.75, 3.05) is 25.0 Å². The fourth-order valence-electron chi connectivity index (χ4n) is 3.13. The van der Waals surface area contributed by atoms with E-state index in [-0.39, 0.29) is 29.1 Å². The highest BCUT2D eigenvalue weighted by atomic mass is 35.5. The van der Waals surface area contributed by atoms with E-state index in [1.165, 1.54) is 6.07 Å². The second-order valence-electron chi connectivity index (χ2n) is 6.48. The van der Waals surface area contributed by atoms with Crippen LogP contribution in [0.4, 0.5) is 18.9 Å². The van der Waals surface area contributed by atoms with Crippen molar-refractivity contribution in [1.29, 1.82) is 0 Å². The van der Waals surface area contributed by atoms with Gasteiger partial charge in [0.25, 0.3) is 0 Å². The standard InChI is InChI=1S/C17H21ClF3N3O2/c18-12-4-5-14(13(8-12)17(19,20)21)23-16(26)10-24-7-1-2-11(9-24)3-6-15(22)25/h4-5,8,11H,1-3,6-7,9-10H2,(H2,22,25)(H,23,26). The average molecular weight is 392 g/mol. The van der Waals surface area contributed by atoms with Crippen LogP contribution in [0.3, 0.4) is 0 Å². The fraction of sp³-hybridized carbons (Fsp3) is 0.529. The quantitative estimate of drug-likeness (QED) is 0.781. The molecule has 0 saturated carbocycles. The van der Waals surface area contributed by atoms with Crippen molar-refractivity contribution in [1.82, 2.24) is 4.90 Å². The van der Waals surface area contributed by atoms with Gasteiger partial charge in [-0.3, -0.25) is 14.5 Å². The third kappa shape index (κ3) is 6.17. The van der Waals surface area contributed by atoms with Gasteiger partial charge in [0.15, 0.2) is 0 Å². The molecular formula is C17H21ClF3N3O2. The summed E-state index contributed by atoms with van der Waals surface area (Å²) in [7, 11) is 0. The molecule has 2 amide bonds. The minimum atomic E-state index is -4.61. The number of nitrogens with two attached hydrogens (primary N) is 1. The Morgan fingerprint density at radius 2 is 2.08 bits per heavy atom. The fourth-order valence-corrected chi connectivity index (χ4v) is 3.30. The molecule has 0 spiro atoms. The van der Waals surface area contributed by atoms with Crippen LogP contribution in [-0.4, -0.2) is 36.3 Å². The van der Waals surface area contributed by atoms with Crippen LogP contribution < -0.4 is 11.1 Å². The monoisotopic (exact) mass is 391 g/mol. The summed E-state index contributed by atoms with van der Waals surface area (Å²) in [6, 6.07) is 3.24. The lowest BCUT2D eigenvalue weighted by atomic mass is 9.93. The molecule has 9 heteroatoms. The number of nitrogens with one attached hydrogen (secondary N) is 1. The van der Waals surface area contributed by atoms with Crippen molar-refractivity contribution >= 4 is 29.1 Å². The molecule has 1 aliphatic rings. The van der Waals surface area contributed by atoms with E-state index in [1.54, 1.807) is 0 Å². The Hall–Kier alpha value is -1.80. The van der Waals surface area contributed by atoms with Crippen molar-refractivity contribution < 1.29 is 22.8 Å². The van der Waals surface area contributed by atoms with E-state index in [4.69, 9.17) is 17.3 Å². The number of carbonyl (C=O) groups excluding carboxylic acids is 2. The van der Waals surface area contributed by atoms with E-state index in [2.05, 4.69) is 5.32 Å². The number of benzene rings is 1. The van der Waals surface area contributed by atoms with Gasteiger partial charge in [-0.25, -0.2) is 0 Å². The first kappa shape index (κ1) is 20.5. The molecule has 0 bridgehead atoms. The number of hydrogen-bond acceptors (Lipinski definition) is 3. The van der Waals surface area contributed by atoms with Crippen LogP contribution >= 0.6 is 11.6 Å². The number of anilines is 1. The highest BCUT2D eigenvalue weighted by Gasteiger charge is 2.34. The van der Waals surface area contributed by atoms with Crippen LogP contribution in [0.5, 0.6) is 0 Å². The number of rotatable bonds is 6. The Balaban J connectivity index is 1.95. The maximum Gasteiger partial charge on any atom is 0.418 e. The summed E-state index contributed by atoms with van der Waals surface area (Å²) >= 11 is 5.63. The highest BCUT2D eigenvalue weighted by molar-refractivity contribution is 6.30. The molecule has 1 aromatic carbocycles. The van der Waals surface area contributed by atoms with Gasteiger partial charge in [0, 0.05) is 18.0 Å². The SMILES string of the molecule is NC(=O)CCC1CCCN(CC(=O)Nc2ccc(Cl)cc2C(F)(F)F)C1. The number of carbonyl (C=O) groups is 2. The molecule has 1 heterocycles. The predicted octanol–water partition coefficient (Wildman–Crippen LogP) is 3.27. The molecule has 144 valence electrons. The van der Waals surface area contributed by atoms with E-state index < -0.39 is 17.6 Å². The maximum absolute atomic E-state index is 13.1. The summed E-state index contributed by atoms with van der Waals surface area (Å²) in [5.74, 6) is -0.624. The summed E-state index contributed by atoms with van der Waals surface area (Å²) < 4.78 is 39.2. The summed E-state index contributed by atoms with van der Waals surface area (Å²) in [5, 5.41) is 2.27. The molecule has 0 radical (unpaired) electrons. The normalized spacial score (nSPS) is 18.5. The van der Waals surface area contributed by atoms with Crippen LogP contribution in [0.2, 0.25) is 5.02 Å². The van der Waals surface area contributed by atoms with E-state index in [0.717, 1.165) is 25.0 Å². The number of hydrogen-bond donors (Lipinski definition) is 2. The van der Waals surface area contributed by atoms with Gasteiger partial charge in [0.1, 0.15) is 0 Å². The Kier molecular flexibility index (Phi) is 6.88. The highest BCUT2D eigenvalue weighted by Crippen LogP contribution is 2.36. The van der Waals surface area contributed by atoms with Gasteiger partial charge < -0.3 is 11.1 Å². The van der Waals surface area contributed by atoms with Crippen molar-refractivity contribution in [3.05, 3.63) is 28.8 Å². The number of amides is 2. The summed E-state index contributed by atoms with van der Waals surface area (Å²) in [6.45, 7) is 1.30. The number of nitrogens with zero attached hydrogens (tertiary/aromatic N) is 1. The number of alkyl halides is 3. The molecule has 1 aromatic rings. The first-order valence-corrected chi connectivity index (χ1v) is 8.70. The van der Waals surface area contributed by atoms with Crippen LogP contribution in [0.25, 0.3) is 0 Å². The predicted molar refractivity (Wildman–Crippen MR) is 92.7 cm³/mol. The molecule has 1 saturated heterocycles. The van der Waals surface area contributed by atoms with E-state index in [9.17, 15) is 22.8 Å². The number of halogens is 4. The number of likely N-dealkylation sites (tertiary alicyclic amines) is 1. The van der Waals surface area contributed by atoms with Gasteiger partial charge in [0.05, 0.1) is 17.8 Å². The molecule has 26 heavy (non-hydrogen) atoms. The summed E-state index contributed by atoms with van der Waals surface area (Å²) in [6.07, 6.45) is -1.85. The van der Waals surface area contributed by atoms with E-state index in [1.807, 2.05) is 4.90 Å². The van der Waals surface area contributed by atoms with Crippen LogP contribution in [0.15, 0.2) is 18.2 Å². The molecule has 0 aliphatic carbocycles. The molecule has 1 fully saturated rings. The van der Waals surface area contributed by atoms with Crippen LogP contribution in [0.1, 0.15) is 31.2 Å². The summed E-state index contributed by atoms with van der Waals surface area (Å²) in [4.78, 5) is 25.0. The van der Waals surface area contributed by atoms with Crippen LogP contribution in [0, 0.1) is 5.92 Å². The smallest absolute Gasteiger partial charge is 0.370 e. The third-order valence-electron chi connectivity index (χ3n) is 4.33. The Labute approximate surface area is 154 Å². The lowest BCUT2D eigenvalue weighted by Gasteiger charge is -2.32. The molecule has 3 N–H and O–H groups in total. The molecule has 1 atom stereocenters. The Morgan fingerprint density at radius 3 is 2.73 bits per heavy atom. The molecule has 1 aliphatic heterocycles. The number of primary amides is 1. The molecule has 2 rings (SSSR count). The van der Waals surface area contributed by atoms with Gasteiger partial charge in [-0.2, -0.15) is 13.2 Å². The lowest BCUT2D eigenvalue weighted by molar-refractivity contribution is -0.137. The van der Waals surface area contributed by atoms with Gasteiger partial charge in [-0.05, 0) is 49.9 Å². The second-order valence-corrected chi connectivity index (χ2v) is 6.92. The second kappa shape index (κ2) is 8.73. The Bertz CT molecular complexity index is 667. The molecule has 5 nitrogen and oxygen atoms in total. The average Bonchev–Trinajstić information content (AvgIpc) is 2.54. The van der Waals surface area contributed by atoms with E-state index in [0.29, 0.717) is 25.9 Å². The zero-order valence-electron chi connectivity index (χ0n) is 14.1. The van der Waals surface area contributed by atoms with Crippen molar-refractivity contribution in [3.8, 4) is 0 Å². The molecule has 0 aromatic heterocycles. The van der Waals surface area contributed by atoms with E-state index >= 15 is 0 Å². The van der Waals surface area contributed by atoms with Crippen LogP contribution in [-0.2, 0) is 15.8 Å². The van der Waals surface area contributed by atoms with Gasteiger partial charge in [-0.15, -0.1) is 0 Å². The van der Waals surface area contributed by atoms with Crippen molar-refractivity contribution in [3.63, 3.8) is 0 Å². The first-order chi connectivity index (χ1) is 12.1. The molecular weight excluding hydrogens is 371 g/mol. The van der Waals surface area contributed by atoms with Gasteiger partial charge in [-0.1, -0.05) is 11.6 Å². The Morgan fingerprint density at radius 1 is 1.35 bits per heavy atom. The van der Waals surface area contributed by atoms with Gasteiger partial charge >= 0.3 is 6.18 Å². The first-order valence-electron chi connectivity index (χ1n) is 8.32. The molecule has 1 unspecified atom stereocenters. The van der Waals surface area contributed by atoms with Crippen molar-refractivity contribution in [2.45, 2.75) is 31.9 Å². The van der Waals surface area contributed by atoms with Gasteiger partial charge in [0.2, 0.25) is 11.8 Å². The zero-order valence-corrected chi connectivity index (χ0v) is 14.9. The topological polar surface area (TPSA) is 75.4 Å². The summed E-state index contributed by atoms with van der Waals surface area (Å²) in [5.41, 5.74) is 3.87. The largest absolute Gasteiger partial charge is 0.418 e. The number of piperidine rings is 1. The zero-order chi connectivity index (χ0) is 19.3. The lowest BCUT2D eigenvalue weighted by Crippen LogP contribution is -2.40. The maximum atomic E-state index is 13.1. The van der Waals surface area contributed by atoms with Crippen molar-refractivity contribution in [2.24, 2.45) is 11.7 Å². The minimum absolute atomic E-state index is 0.00695. The minimum Gasteiger partial charge on any atom is -0.370 e.